The van der Waals surface area contributed by atoms with Crippen LogP contribution in [0.25, 0.3) is 5.69 Å². The lowest BCUT2D eigenvalue weighted by Gasteiger charge is -2.31. The summed E-state index contributed by atoms with van der Waals surface area (Å²) in [7, 11) is 1.49. The third-order valence-electron chi connectivity index (χ3n) is 4.82. The molecule has 1 aromatic carbocycles. The predicted molar refractivity (Wildman–Crippen MR) is 97.4 cm³/mol. The van der Waals surface area contributed by atoms with Crippen LogP contribution in [0.3, 0.4) is 0 Å². The van der Waals surface area contributed by atoms with E-state index in [0.717, 1.165) is 0 Å². The number of carbonyl (C=O) groups is 3. The first-order valence-electron chi connectivity index (χ1n) is 8.93. The van der Waals surface area contributed by atoms with Crippen molar-refractivity contribution in [2.24, 2.45) is 5.92 Å². The van der Waals surface area contributed by atoms with Crippen LogP contribution in [0.4, 0.5) is 4.39 Å². The number of hydrogen-bond acceptors (Lipinski definition) is 4. The number of amides is 2. The largest absolute Gasteiger partial charge is 0.481 e. The topological polar surface area (TPSA) is 95.7 Å². The third-order valence-corrected chi connectivity index (χ3v) is 4.82. The molecular weight excluding hydrogens is 367 g/mol. The average Bonchev–Trinajstić information content (AvgIpc) is 3.17. The van der Waals surface area contributed by atoms with E-state index in [4.69, 9.17) is 5.11 Å². The number of benzene rings is 1. The molecule has 28 heavy (non-hydrogen) atoms. The summed E-state index contributed by atoms with van der Waals surface area (Å²) in [5.41, 5.74) is 0.324. The minimum absolute atomic E-state index is 0.100. The molecule has 148 valence electrons. The zero-order valence-corrected chi connectivity index (χ0v) is 15.4. The van der Waals surface area contributed by atoms with Crippen LogP contribution in [0.2, 0.25) is 0 Å². The van der Waals surface area contributed by atoms with Crippen LogP contribution in [0, 0.1) is 11.7 Å². The van der Waals surface area contributed by atoms with Crippen LogP contribution in [-0.2, 0) is 9.59 Å². The van der Waals surface area contributed by atoms with Crippen molar-refractivity contribution in [3.05, 3.63) is 48.0 Å². The van der Waals surface area contributed by atoms with Gasteiger partial charge in [0.15, 0.2) is 5.69 Å². The van der Waals surface area contributed by atoms with Crippen molar-refractivity contribution in [1.82, 2.24) is 19.6 Å². The van der Waals surface area contributed by atoms with E-state index in [1.54, 1.807) is 23.1 Å². The molecule has 1 saturated heterocycles. The van der Waals surface area contributed by atoms with Gasteiger partial charge in [0.05, 0.1) is 12.5 Å². The van der Waals surface area contributed by atoms with E-state index < -0.39 is 23.6 Å². The minimum atomic E-state index is -0.843. The normalized spacial score (nSPS) is 14.7. The van der Waals surface area contributed by atoms with E-state index >= 15 is 0 Å². The van der Waals surface area contributed by atoms with Crippen molar-refractivity contribution >= 4 is 17.8 Å². The fourth-order valence-electron chi connectivity index (χ4n) is 3.16. The van der Waals surface area contributed by atoms with Gasteiger partial charge in [0, 0.05) is 26.3 Å². The van der Waals surface area contributed by atoms with Crippen LogP contribution >= 0.6 is 0 Å². The number of likely N-dealkylation sites (N-methyl/N-ethyl adjacent to an activating group) is 1. The minimum Gasteiger partial charge on any atom is -0.481 e. The Morgan fingerprint density at radius 2 is 1.89 bits per heavy atom. The number of nitrogens with zero attached hydrogens (tertiary/aromatic N) is 4. The average molecular weight is 388 g/mol. The van der Waals surface area contributed by atoms with Crippen molar-refractivity contribution in [1.29, 1.82) is 0 Å². The van der Waals surface area contributed by atoms with E-state index in [2.05, 4.69) is 5.10 Å². The summed E-state index contributed by atoms with van der Waals surface area (Å²) in [6.07, 6.45) is 2.30. The zero-order valence-electron chi connectivity index (χ0n) is 15.4. The van der Waals surface area contributed by atoms with Crippen LogP contribution in [0.15, 0.2) is 36.5 Å². The number of carboxylic acids is 1. The Balaban J connectivity index is 1.60. The Morgan fingerprint density at radius 1 is 1.21 bits per heavy atom. The smallest absolute Gasteiger partial charge is 0.306 e. The van der Waals surface area contributed by atoms with Gasteiger partial charge in [-0.15, -0.1) is 0 Å². The molecule has 1 aromatic heterocycles. The molecule has 1 N–H and O–H groups in total. The van der Waals surface area contributed by atoms with Gasteiger partial charge in [-0.3, -0.25) is 14.4 Å². The van der Waals surface area contributed by atoms with Crippen molar-refractivity contribution in [2.75, 3.05) is 26.7 Å². The van der Waals surface area contributed by atoms with Gasteiger partial charge in [0.1, 0.15) is 11.5 Å². The van der Waals surface area contributed by atoms with Gasteiger partial charge in [-0.25, -0.2) is 9.07 Å². The predicted octanol–water partition coefficient (Wildman–Crippen LogP) is 1.41. The summed E-state index contributed by atoms with van der Waals surface area (Å²) in [5.74, 6) is -2.43. The lowest BCUT2D eigenvalue weighted by Crippen LogP contribution is -2.45. The Bertz CT molecular complexity index is 890. The van der Waals surface area contributed by atoms with Crippen molar-refractivity contribution < 1.29 is 23.9 Å². The number of likely N-dealkylation sites (tertiary alicyclic amines) is 1. The van der Waals surface area contributed by atoms with E-state index in [-0.39, 0.29) is 23.8 Å². The second-order valence-electron chi connectivity index (χ2n) is 6.75. The van der Waals surface area contributed by atoms with Crippen molar-refractivity contribution in [3.63, 3.8) is 0 Å². The molecule has 0 aliphatic carbocycles. The third kappa shape index (κ3) is 4.19. The number of aliphatic carboxylic acids is 1. The first-order valence-corrected chi connectivity index (χ1v) is 8.93. The molecule has 0 bridgehead atoms. The number of carboxylic acid groups (broad SMARTS) is 1. The van der Waals surface area contributed by atoms with Crippen LogP contribution in [-0.4, -0.2) is 69.2 Å². The molecule has 1 aliphatic rings. The molecule has 1 aliphatic heterocycles. The number of halogens is 1. The van der Waals surface area contributed by atoms with Crippen LogP contribution < -0.4 is 0 Å². The van der Waals surface area contributed by atoms with E-state index in [1.807, 2.05) is 0 Å². The molecular formula is C19H21FN4O4. The van der Waals surface area contributed by atoms with E-state index in [0.29, 0.717) is 25.9 Å². The fourth-order valence-corrected chi connectivity index (χ4v) is 3.16. The summed E-state index contributed by atoms with van der Waals surface area (Å²) in [4.78, 5) is 38.8. The standard InChI is InChI=1S/C19H21FN4O4/c1-22(12-17(25)23-9-6-13(7-10-23)19(27)28)18(26)15-8-11-24(21-15)16-5-3-2-4-14(16)20/h2-5,8,11,13H,6-7,9-10,12H2,1H3,(H,27,28). The molecule has 2 aromatic rings. The van der Waals surface area contributed by atoms with Gasteiger partial charge in [0.25, 0.3) is 5.91 Å². The maximum absolute atomic E-state index is 13.9. The molecule has 0 unspecified atom stereocenters. The summed E-state index contributed by atoms with van der Waals surface area (Å²) in [5, 5.41) is 13.1. The molecule has 0 atom stereocenters. The number of aromatic nitrogens is 2. The summed E-state index contributed by atoms with van der Waals surface area (Å²) in [6.45, 7) is 0.586. The Hall–Kier alpha value is -3.23. The second-order valence-corrected chi connectivity index (χ2v) is 6.75. The molecule has 2 amide bonds. The first kappa shape index (κ1) is 19.5. The molecule has 0 spiro atoms. The van der Waals surface area contributed by atoms with Crippen LogP contribution in [0.1, 0.15) is 23.3 Å². The Labute approximate surface area is 161 Å². The molecule has 9 heteroatoms. The molecule has 0 saturated carbocycles. The molecule has 8 nitrogen and oxygen atoms in total. The first-order chi connectivity index (χ1) is 13.4. The Kier molecular flexibility index (Phi) is 5.72. The number of hydrogen-bond donors (Lipinski definition) is 1. The highest BCUT2D eigenvalue weighted by Crippen LogP contribution is 2.18. The summed E-state index contributed by atoms with van der Waals surface area (Å²) < 4.78 is 15.1. The SMILES string of the molecule is CN(CC(=O)N1CCC(C(=O)O)CC1)C(=O)c1ccn(-c2ccccc2F)n1. The maximum Gasteiger partial charge on any atom is 0.306 e. The zero-order chi connectivity index (χ0) is 20.3. The maximum atomic E-state index is 13.9. The van der Waals surface area contributed by atoms with Gasteiger partial charge in [0.2, 0.25) is 5.91 Å². The lowest BCUT2D eigenvalue weighted by molar-refractivity contribution is -0.145. The van der Waals surface area contributed by atoms with E-state index in [9.17, 15) is 18.8 Å². The van der Waals surface area contributed by atoms with Gasteiger partial charge in [-0.1, -0.05) is 12.1 Å². The van der Waals surface area contributed by atoms with Crippen LogP contribution in [0.5, 0.6) is 0 Å². The van der Waals surface area contributed by atoms with E-state index in [1.165, 1.54) is 35.0 Å². The number of carbonyl (C=O) groups excluding carboxylic acids is 2. The number of piperidine rings is 1. The summed E-state index contributed by atoms with van der Waals surface area (Å²) >= 11 is 0. The molecule has 0 radical (unpaired) electrons. The van der Waals surface area contributed by atoms with Gasteiger partial charge >= 0.3 is 5.97 Å². The number of para-hydroxylation sites is 1. The highest BCUT2D eigenvalue weighted by atomic mass is 19.1. The van der Waals surface area contributed by atoms with Gasteiger partial charge in [-0.2, -0.15) is 5.10 Å². The van der Waals surface area contributed by atoms with Crippen molar-refractivity contribution in [2.45, 2.75) is 12.8 Å². The quantitative estimate of drug-likeness (QED) is 0.836. The van der Waals surface area contributed by atoms with Gasteiger partial charge < -0.3 is 14.9 Å². The highest BCUT2D eigenvalue weighted by Gasteiger charge is 2.28. The highest BCUT2D eigenvalue weighted by molar-refractivity contribution is 5.94. The van der Waals surface area contributed by atoms with Crippen molar-refractivity contribution in [3.8, 4) is 5.69 Å². The lowest BCUT2D eigenvalue weighted by atomic mass is 9.97. The fraction of sp³-hybridized carbons (Fsp3) is 0.368. The molecule has 1 fully saturated rings. The second kappa shape index (κ2) is 8.20. The monoisotopic (exact) mass is 388 g/mol. The Morgan fingerprint density at radius 3 is 2.54 bits per heavy atom. The molecule has 3 rings (SSSR count). The summed E-state index contributed by atoms with van der Waals surface area (Å²) in [6, 6.07) is 7.54. The molecule has 2 heterocycles. The van der Waals surface area contributed by atoms with Gasteiger partial charge in [-0.05, 0) is 31.0 Å². The number of rotatable bonds is 5.